The van der Waals surface area contributed by atoms with E-state index < -0.39 is 0 Å². The summed E-state index contributed by atoms with van der Waals surface area (Å²) in [7, 11) is 0. The first-order valence-corrected chi connectivity index (χ1v) is 8.15. The van der Waals surface area contributed by atoms with Crippen LogP contribution in [0.15, 0.2) is 42.5 Å². The van der Waals surface area contributed by atoms with Crippen LogP contribution in [0.5, 0.6) is 0 Å². The number of piperazine rings is 1. The Balaban J connectivity index is 1.58. The predicted molar refractivity (Wildman–Crippen MR) is 89.5 cm³/mol. The molecule has 1 aliphatic rings. The number of quaternary nitrogens is 1. The molecule has 1 N–H and O–H groups in total. The Hall–Kier alpha value is -1.29. The zero-order chi connectivity index (χ0) is 15.5. The topological polar surface area (TPSA) is 7.68 Å². The number of hydrogen-bond donors (Lipinski definition) is 1. The molecule has 2 nitrogen and oxygen atoms in total. The summed E-state index contributed by atoms with van der Waals surface area (Å²) in [6.45, 7) is 4.91. The Morgan fingerprint density at radius 1 is 1.00 bits per heavy atom. The molecule has 0 radical (unpaired) electrons. The average Bonchev–Trinajstić information content (AvgIpc) is 2.52. The molecule has 1 heterocycles. The van der Waals surface area contributed by atoms with Gasteiger partial charge in [-0.2, -0.15) is 0 Å². The molecule has 116 valence electrons. The first-order valence-electron chi connectivity index (χ1n) is 7.40. The van der Waals surface area contributed by atoms with Gasteiger partial charge in [0, 0.05) is 16.3 Å². The summed E-state index contributed by atoms with van der Waals surface area (Å²) in [5.74, 6) is -0.189. The van der Waals surface area contributed by atoms with Crippen molar-refractivity contribution < 1.29 is 9.29 Å². The van der Waals surface area contributed by atoms with E-state index in [-0.39, 0.29) is 5.82 Å². The molecule has 0 saturated carbocycles. The van der Waals surface area contributed by atoms with Gasteiger partial charge in [-0.3, -0.25) is 0 Å². The summed E-state index contributed by atoms with van der Waals surface area (Å²) in [5, 5.41) is 1.41. The molecule has 1 saturated heterocycles. The van der Waals surface area contributed by atoms with Crippen molar-refractivity contribution in [3.05, 3.63) is 63.9 Å². The fourth-order valence-electron chi connectivity index (χ4n) is 2.84. The molecule has 1 fully saturated rings. The third kappa shape index (κ3) is 3.72. The van der Waals surface area contributed by atoms with Gasteiger partial charge in [0.05, 0.1) is 31.2 Å². The van der Waals surface area contributed by atoms with E-state index in [0.29, 0.717) is 5.02 Å². The lowest BCUT2D eigenvalue weighted by molar-refractivity contribution is -0.914. The summed E-state index contributed by atoms with van der Waals surface area (Å²) in [6, 6.07) is 12.4. The number of anilines is 1. The SMILES string of the molecule is Fc1ccc(N2CC[NH+](Cc3ccc(Cl)cc3Cl)CC2)cc1. The highest BCUT2D eigenvalue weighted by Crippen LogP contribution is 2.20. The molecule has 22 heavy (non-hydrogen) atoms. The van der Waals surface area contributed by atoms with E-state index in [0.717, 1.165) is 49.0 Å². The monoisotopic (exact) mass is 339 g/mol. The third-order valence-corrected chi connectivity index (χ3v) is 4.70. The molecule has 0 atom stereocenters. The molecule has 2 aromatic carbocycles. The van der Waals surface area contributed by atoms with Crippen LogP contribution in [-0.2, 0) is 6.54 Å². The van der Waals surface area contributed by atoms with Crippen molar-refractivity contribution in [2.75, 3.05) is 31.1 Å². The second kappa shape index (κ2) is 6.86. The van der Waals surface area contributed by atoms with Crippen molar-refractivity contribution in [3.8, 4) is 0 Å². The largest absolute Gasteiger partial charge is 0.360 e. The summed E-state index contributed by atoms with van der Waals surface area (Å²) >= 11 is 12.2. The van der Waals surface area contributed by atoms with Gasteiger partial charge in [0.15, 0.2) is 0 Å². The third-order valence-electron chi connectivity index (χ3n) is 4.12. The van der Waals surface area contributed by atoms with Crippen LogP contribution in [-0.4, -0.2) is 26.2 Å². The van der Waals surface area contributed by atoms with E-state index in [1.807, 2.05) is 24.3 Å². The van der Waals surface area contributed by atoms with Crippen molar-refractivity contribution in [2.45, 2.75) is 6.54 Å². The second-order valence-corrected chi connectivity index (χ2v) is 6.47. The van der Waals surface area contributed by atoms with Crippen LogP contribution in [0.4, 0.5) is 10.1 Å². The lowest BCUT2D eigenvalue weighted by Gasteiger charge is -2.33. The minimum atomic E-state index is -0.189. The number of nitrogens with one attached hydrogen (secondary N) is 1. The lowest BCUT2D eigenvalue weighted by atomic mass is 10.2. The van der Waals surface area contributed by atoms with Gasteiger partial charge in [-0.25, -0.2) is 4.39 Å². The van der Waals surface area contributed by atoms with E-state index in [1.54, 1.807) is 6.07 Å². The number of halogens is 3. The van der Waals surface area contributed by atoms with Gasteiger partial charge in [0.1, 0.15) is 12.4 Å². The van der Waals surface area contributed by atoms with Crippen molar-refractivity contribution in [1.82, 2.24) is 0 Å². The van der Waals surface area contributed by atoms with E-state index in [9.17, 15) is 4.39 Å². The van der Waals surface area contributed by atoms with Gasteiger partial charge in [0.25, 0.3) is 0 Å². The lowest BCUT2D eigenvalue weighted by Crippen LogP contribution is -3.13. The fourth-order valence-corrected chi connectivity index (χ4v) is 3.32. The summed E-state index contributed by atoms with van der Waals surface area (Å²) in [6.07, 6.45) is 0. The predicted octanol–water partition coefficient (Wildman–Crippen LogP) is 3.04. The van der Waals surface area contributed by atoms with Gasteiger partial charge in [-0.1, -0.05) is 29.3 Å². The maximum Gasteiger partial charge on any atom is 0.123 e. The normalized spacial score (nSPS) is 16.0. The van der Waals surface area contributed by atoms with Gasteiger partial charge in [-0.05, 0) is 36.4 Å². The number of benzene rings is 2. The standard InChI is InChI=1S/C17H17Cl2FN2/c18-14-2-1-13(17(19)11-14)12-21-7-9-22(10-8-21)16-5-3-15(20)4-6-16/h1-6,11H,7-10,12H2/p+1. The van der Waals surface area contributed by atoms with Gasteiger partial charge in [0.2, 0.25) is 0 Å². The smallest absolute Gasteiger partial charge is 0.123 e. The van der Waals surface area contributed by atoms with Crippen molar-refractivity contribution in [2.24, 2.45) is 0 Å². The molecule has 2 aromatic rings. The average molecular weight is 340 g/mol. The molecule has 1 aliphatic heterocycles. The minimum absolute atomic E-state index is 0.189. The van der Waals surface area contributed by atoms with E-state index in [2.05, 4.69) is 4.90 Å². The number of rotatable bonds is 3. The van der Waals surface area contributed by atoms with Gasteiger partial charge in [-0.15, -0.1) is 0 Å². The Kier molecular flexibility index (Phi) is 4.87. The second-order valence-electron chi connectivity index (χ2n) is 5.63. The van der Waals surface area contributed by atoms with Crippen molar-refractivity contribution in [3.63, 3.8) is 0 Å². The summed E-state index contributed by atoms with van der Waals surface area (Å²) < 4.78 is 13.0. The highest BCUT2D eigenvalue weighted by atomic mass is 35.5. The molecular weight excluding hydrogens is 322 g/mol. The fraction of sp³-hybridized carbons (Fsp3) is 0.294. The van der Waals surface area contributed by atoms with Crippen LogP contribution in [0.1, 0.15) is 5.56 Å². The van der Waals surface area contributed by atoms with Gasteiger partial charge >= 0.3 is 0 Å². The van der Waals surface area contributed by atoms with Gasteiger partial charge < -0.3 is 9.80 Å². The Morgan fingerprint density at radius 3 is 2.32 bits per heavy atom. The Morgan fingerprint density at radius 2 is 1.68 bits per heavy atom. The van der Waals surface area contributed by atoms with E-state index >= 15 is 0 Å². The summed E-state index contributed by atoms with van der Waals surface area (Å²) in [4.78, 5) is 3.80. The highest BCUT2D eigenvalue weighted by molar-refractivity contribution is 6.35. The van der Waals surface area contributed by atoms with Crippen LogP contribution in [0.3, 0.4) is 0 Å². The zero-order valence-corrected chi connectivity index (χ0v) is 13.7. The first kappa shape index (κ1) is 15.6. The zero-order valence-electron chi connectivity index (χ0n) is 12.2. The van der Waals surface area contributed by atoms with Crippen molar-refractivity contribution >= 4 is 28.9 Å². The molecule has 0 unspecified atom stereocenters. The van der Waals surface area contributed by atoms with Crippen LogP contribution >= 0.6 is 23.2 Å². The maximum absolute atomic E-state index is 13.0. The van der Waals surface area contributed by atoms with Crippen LogP contribution in [0.25, 0.3) is 0 Å². The quantitative estimate of drug-likeness (QED) is 0.903. The first-order chi connectivity index (χ1) is 10.6. The number of nitrogens with zero attached hydrogens (tertiary/aromatic N) is 1. The Bertz CT molecular complexity index is 638. The van der Waals surface area contributed by atoms with E-state index in [4.69, 9.17) is 23.2 Å². The molecule has 0 aromatic heterocycles. The minimum Gasteiger partial charge on any atom is -0.360 e. The molecule has 0 spiro atoms. The van der Waals surface area contributed by atoms with Crippen LogP contribution in [0, 0.1) is 5.82 Å². The Labute approximate surface area is 140 Å². The molecule has 5 heteroatoms. The van der Waals surface area contributed by atoms with Crippen molar-refractivity contribution in [1.29, 1.82) is 0 Å². The molecule has 3 rings (SSSR count). The molecule has 0 aliphatic carbocycles. The summed E-state index contributed by atoms with van der Waals surface area (Å²) in [5.41, 5.74) is 2.22. The maximum atomic E-state index is 13.0. The van der Waals surface area contributed by atoms with E-state index in [1.165, 1.54) is 17.0 Å². The van der Waals surface area contributed by atoms with Crippen LogP contribution < -0.4 is 9.80 Å². The number of hydrogen-bond acceptors (Lipinski definition) is 1. The molecule has 0 bridgehead atoms. The molecule has 0 amide bonds. The molecular formula is C17H18Cl2FN2+. The van der Waals surface area contributed by atoms with Crippen LogP contribution in [0.2, 0.25) is 10.0 Å². The highest BCUT2D eigenvalue weighted by Gasteiger charge is 2.21.